The zero-order valence-corrected chi connectivity index (χ0v) is 40.9. The summed E-state index contributed by atoms with van der Waals surface area (Å²) in [5, 5.41) is 18.4. The molecule has 1 saturated carbocycles. The predicted molar refractivity (Wildman–Crippen MR) is 238 cm³/mol. The number of nitrogens with one attached hydrogen (secondary N) is 1. The average molecular weight is 1100 g/mol. The van der Waals surface area contributed by atoms with Crippen molar-refractivity contribution >= 4 is 61.4 Å². The van der Waals surface area contributed by atoms with Crippen LogP contribution in [0.3, 0.4) is 0 Å². The monoisotopic (exact) mass is 1090 g/mol. The molecule has 0 radical (unpaired) electrons. The van der Waals surface area contributed by atoms with Gasteiger partial charge in [-0.2, -0.15) is 45.3 Å². The van der Waals surface area contributed by atoms with Crippen molar-refractivity contribution in [2.75, 3.05) is 6.26 Å². The molecule has 28 heteroatoms. The Hall–Kier alpha value is -6.11. The summed E-state index contributed by atoms with van der Waals surface area (Å²) < 4.78 is 196. The Kier molecular flexibility index (Phi) is 14.2. The van der Waals surface area contributed by atoms with E-state index < -0.39 is 169 Å². The van der Waals surface area contributed by atoms with Gasteiger partial charge < -0.3 is 15.0 Å². The highest BCUT2D eigenvalue weighted by molar-refractivity contribution is 7.92. The first kappa shape index (κ1) is 54.7. The summed E-state index contributed by atoms with van der Waals surface area (Å²) in [7, 11) is -3.91. The molecule has 2 N–H and O–H groups in total. The van der Waals surface area contributed by atoms with E-state index in [-0.39, 0.29) is 42.8 Å². The number of carbonyl (C=O) groups is 3. The van der Waals surface area contributed by atoms with Crippen LogP contribution >= 0.6 is 11.6 Å². The minimum Gasteiger partial charge on any atom is -0.755 e. The molecule has 2 unspecified atom stereocenters. The number of fused-ring (bicyclic) bond motifs is 4. The van der Waals surface area contributed by atoms with Gasteiger partial charge in [0, 0.05) is 40.3 Å². The molecule has 2 aliphatic rings. The van der Waals surface area contributed by atoms with Crippen LogP contribution in [0.5, 0.6) is 0 Å². The predicted octanol–water partition coefficient (Wildman–Crippen LogP) is 7.91. The third kappa shape index (κ3) is 11.2. The Morgan fingerprint density at radius 1 is 1.00 bits per heavy atom. The lowest BCUT2D eigenvalue weighted by Crippen LogP contribution is -2.42. The summed E-state index contributed by atoms with van der Waals surface area (Å²) in [5.41, 5.74) is -8.19. The maximum absolute atomic E-state index is 15.6. The Bertz CT molecular complexity index is 3290. The van der Waals surface area contributed by atoms with Gasteiger partial charge in [0.2, 0.25) is 11.8 Å². The molecule has 5 aromatic rings. The highest BCUT2D eigenvalue weighted by Crippen LogP contribution is 2.68. The SMILES string of the molecule is CC(C)(CC(=O)O)C(=O)N(Cc1nn(CC(F)(F)F)c2c(-c3ccc(C#CC(C)(C)S(C)(=O)=O)nc3C(Cc3cc(F)cc(F)c3)NC(=O)Cn3nc(C(F)(F)F)c4c3C(F)(F)[C@@H]3C[C@H]43)ccc(Cl)c12)S(=O)[O-]. The van der Waals surface area contributed by atoms with Crippen LogP contribution in [0.15, 0.2) is 42.5 Å². The number of benzene rings is 2. The molecule has 0 spiro atoms. The molecule has 2 aromatic carbocycles. The van der Waals surface area contributed by atoms with Gasteiger partial charge in [0.25, 0.3) is 5.92 Å². The first-order chi connectivity index (χ1) is 33.5. The normalized spacial score (nSPS) is 17.3. The number of aromatic nitrogens is 5. The van der Waals surface area contributed by atoms with Gasteiger partial charge in [0.05, 0.1) is 57.6 Å². The minimum atomic E-state index is -5.23. The van der Waals surface area contributed by atoms with E-state index in [0.29, 0.717) is 10.7 Å². The van der Waals surface area contributed by atoms with E-state index in [1.54, 1.807) is 0 Å². The van der Waals surface area contributed by atoms with Crippen LogP contribution < -0.4 is 5.32 Å². The Morgan fingerprint density at radius 3 is 2.21 bits per heavy atom. The standard InChI is InChI=1S/C45H40ClF10N7O8S2/c1-41(2,17-33(65)66)40(67)63(72(68)69)18-31-35-29(46)9-8-26(37(35)62(59-31)20-43(49,50)51)25-7-6-24(10-11-42(3,4)73(5,70)71)57-36(25)30(14-21-12-22(47)15-23(48)13-21)58-32(64)19-61-39-34(38(60-61)45(54,55)56)27-16-28(27)44(39,52)53/h6-9,12-13,15,27-28,30H,14,16-20H2,1-5H3,(H,58,64)(H,65,66)(H,68,69)/p-1/t27-,28+,30?/m0/s1. The van der Waals surface area contributed by atoms with E-state index in [1.807, 2.05) is 0 Å². The van der Waals surface area contributed by atoms with Gasteiger partial charge in [0.1, 0.15) is 40.9 Å². The summed E-state index contributed by atoms with van der Waals surface area (Å²) in [6.07, 6.45) is -11.3. The second kappa shape index (κ2) is 19.0. The number of alkyl halides is 8. The van der Waals surface area contributed by atoms with Crippen LogP contribution in [0.25, 0.3) is 22.0 Å². The van der Waals surface area contributed by atoms with Crippen molar-refractivity contribution in [3.63, 3.8) is 0 Å². The molecule has 4 atom stereocenters. The number of halogens is 11. The van der Waals surface area contributed by atoms with Gasteiger partial charge in [-0.15, -0.1) is 0 Å². The van der Waals surface area contributed by atoms with Crippen LogP contribution in [0.4, 0.5) is 43.9 Å². The molecule has 15 nitrogen and oxygen atoms in total. The lowest BCUT2D eigenvalue weighted by Gasteiger charge is -2.31. The molecule has 1 fully saturated rings. The van der Waals surface area contributed by atoms with Gasteiger partial charge in [-0.25, -0.2) is 22.2 Å². The van der Waals surface area contributed by atoms with Gasteiger partial charge >= 0.3 is 18.3 Å². The summed E-state index contributed by atoms with van der Waals surface area (Å²) in [6, 6.07) is 4.86. The highest BCUT2D eigenvalue weighted by Gasteiger charge is 2.68. The summed E-state index contributed by atoms with van der Waals surface area (Å²) >= 11 is 3.12. The summed E-state index contributed by atoms with van der Waals surface area (Å²) in [6.45, 7) is 0.331. The van der Waals surface area contributed by atoms with Crippen molar-refractivity contribution in [3.05, 3.63) is 98.7 Å². The summed E-state index contributed by atoms with van der Waals surface area (Å²) in [4.78, 5) is 43.8. The van der Waals surface area contributed by atoms with E-state index in [9.17, 15) is 71.8 Å². The first-order valence-electron chi connectivity index (χ1n) is 21.4. The number of pyridine rings is 1. The third-order valence-corrected chi connectivity index (χ3v) is 15.2. The lowest BCUT2D eigenvalue weighted by molar-refractivity contribution is -0.146. The minimum absolute atomic E-state index is 0.124. The van der Waals surface area contributed by atoms with E-state index in [2.05, 4.69) is 32.3 Å². The first-order valence-corrected chi connectivity index (χ1v) is 24.7. The van der Waals surface area contributed by atoms with Crippen LogP contribution in [0.1, 0.15) is 92.1 Å². The number of aliphatic carboxylic acids is 1. The van der Waals surface area contributed by atoms with Crippen molar-refractivity contribution in [2.24, 2.45) is 11.3 Å². The molecular formula is C45H39ClF10N7O8S2-. The van der Waals surface area contributed by atoms with Gasteiger partial charge in [0.15, 0.2) is 15.5 Å². The van der Waals surface area contributed by atoms with Crippen molar-refractivity contribution in [1.29, 1.82) is 0 Å². The molecule has 3 aromatic heterocycles. The Labute approximate surface area is 415 Å². The zero-order valence-electron chi connectivity index (χ0n) is 38.5. The van der Waals surface area contributed by atoms with E-state index >= 15 is 8.78 Å². The fourth-order valence-electron chi connectivity index (χ4n) is 8.58. The maximum Gasteiger partial charge on any atom is 0.435 e. The van der Waals surface area contributed by atoms with Gasteiger partial charge in [-0.1, -0.05) is 37.4 Å². The molecule has 73 heavy (non-hydrogen) atoms. The number of hydrogen-bond acceptors (Lipinski definition) is 10. The smallest absolute Gasteiger partial charge is 0.435 e. The molecule has 392 valence electrons. The Morgan fingerprint density at radius 2 is 1.63 bits per heavy atom. The molecule has 0 aliphatic heterocycles. The van der Waals surface area contributed by atoms with Gasteiger partial charge in [-0.05, 0) is 74.4 Å². The molecule has 0 saturated heterocycles. The fraction of sp³-hybridized carbons (Fsp3) is 0.422. The van der Waals surface area contributed by atoms with E-state index in [4.69, 9.17) is 11.6 Å². The second-order valence-corrected chi connectivity index (χ2v) is 22.5. The maximum atomic E-state index is 15.6. The molecule has 2 amide bonds. The molecule has 0 bridgehead atoms. The molecule has 2 aliphatic carbocycles. The number of carboxylic acid groups (broad SMARTS) is 1. The fourth-order valence-corrected chi connectivity index (χ4v) is 9.69. The van der Waals surface area contributed by atoms with Crippen molar-refractivity contribution in [1.82, 2.24) is 34.2 Å². The number of nitrogens with zero attached hydrogens (tertiary/aromatic N) is 6. The number of carbonyl (C=O) groups excluding carboxylic acids is 2. The second-order valence-electron chi connectivity index (χ2n) is 18.7. The zero-order chi connectivity index (χ0) is 54.3. The number of amides is 2. The number of sulfone groups is 1. The highest BCUT2D eigenvalue weighted by atomic mass is 35.5. The third-order valence-electron chi connectivity index (χ3n) is 12.3. The van der Waals surface area contributed by atoms with Crippen molar-refractivity contribution < 1.29 is 80.6 Å². The van der Waals surface area contributed by atoms with Crippen LogP contribution in [0, 0.1) is 34.8 Å². The van der Waals surface area contributed by atoms with Crippen LogP contribution in [0.2, 0.25) is 5.02 Å². The number of rotatable bonds is 15. The molecular weight excluding hydrogens is 1060 g/mol. The Balaban J connectivity index is 1.46. The quantitative estimate of drug-likeness (QED) is 0.0585. The molecule has 3 heterocycles. The number of carboxylic acids is 1. The summed E-state index contributed by atoms with van der Waals surface area (Å²) in [5.74, 6) is -7.89. The average Bonchev–Trinajstić information content (AvgIpc) is 3.75. The van der Waals surface area contributed by atoms with Crippen molar-refractivity contribution in [3.8, 4) is 23.0 Å². The number of hydrogen-bond donors (Lipinski definition) is 2. The van der Waals surface area contributed by atoms with Crippen molar-refractivity contribution in [2.45, 2.75) is 102 Å². The topological polar surface area (TPSA) is 210 Å². The van der Waals surface area contributed by atoms with Crippen LogP contribution in [-0.2, 0) is 73.6 Å². The molecule has 7 rings (SSSR count). The van der Waals surface area contributed by atoms with E-state index in [0.717, 1.165) is 56.5 Å². The van der Waals surface area contributed by atoms with Crippen LogP contribution in [-0.4, -0.2) is 86.1 Å². The largest absolute Gasteiger partial charge is 0.755 e. The van der Waals surface area contributed by atoms with Gasteiger partial charge in [-0.3, -0.25) is 32.3 Å². The lowest BCUT2D eigenvalue weighted by atomic mass is 9.88. The van der Waals surface area contributed by atoms with E-state index in [1.165, 1.54) is 13.8 Å².